The standard InChI is InChI=1S/C18H25N3O2/c1-18(2)11-7-6-10-15(18)19-12-16-20-21-17(23-16)13-8-4-5-9-14(13)22-3/h4-5,8-9,15,19H,6-7,10-12H2,1-3H3. The number of benzene rings is 1. The van der Waals surface area contributed by atoms with E-state index in [-0.39, 0.29) is 0 Å². The van der Waals surface area contributed by atoms with Crippen molar-refractivity contribution in [1.82, 2.24) is 15.5 Å². The molecule has 1 unspecified atom stereocenters. The smallest absolute Gasteiger partial charge is 0.251 e. The summed E-state index contributed by atoms with van der Waals surface area (Å²) in [5, 5.41) is 11.9. The lowest BCUT2D eigenvalue weighted by atomic mass is 9.73. The topological polar surface area (TPSA) is 60.2 Å². The Labute approximate surface area is 137 Å². The molecule has 0 radical (unpaired) electrons. The number of ether oxygens (including phenoxy) is 1. The van der Waals surface area contributed by atoms with Gasteiger partial charge in [0, 0.05) is 6.04 Å². The maximum Gasteiger partial charge on any atom is 0.251 e. The van der Waals surface area contributed by atoms with Crippen molar-refractivity contribution in [3.63, 3.8) is 0 Å². The summed E-state index contributed by atoms with van der Waals surface area (Å²) in [6.07, 6.45) is 5.09. The molecule has 23 heavy (non-hydrogen) atoms. The van der Waals surface area contributed by atoms with Gasteiger partial charge in [0.05, 0.1) is 19.2 Å². The summed E-state index contributed by atoms with van der Waals surface area (Å²) >= 11 is 0. The van der Waals surface area contributed by atoms with E-state index in [1.54, 1.807) is 7.11 Å². The molecule has 2 aromatic rings. The Morgan fingerprint density at radius 1 is 1.26 bits per heavy atom. The lowest BCUT2D eigenvalue weighted by molar-refractivity contribution is 0.163. The second-order valence-electron chi connectivity index (χ2n) is 6.87. The van der Waals surface area contributed by atoms with Crippen molar-refractivity contribution in [2.75, 3.05) is 7.11 Å². The van der Waals surface area contributed by atoms with E-state index >= 15 is 0 Å². The lowest BCUT2D eigenvalue weighted by Crippen LogP contribution is -2.43. The SMILES string of the molecule is COc1ccccc1-c1nnc(CNC2CCCCC2(C)C)o1. The Kier molecular flexibility index (Phi) is 4.66. The van der Waals surface area contributed by atoms with Crippen LogP contribution in [0.15, 0.2) is 28.7 Å². The van der Waals surface area contributed by atoms with Gasteiger partial charge in [-0.3, -0.25) is 0 Å². The summed E-state index contributed by atoms with van der Waals surface area (Å²) in [4.78, 5) is 0. The van der Waals surface area contributed by atoms with E-state index in [0.717, 1.165) is 11.3 Å². The normalized spacial score (nSPS) is 20.4. The number of hydrogen-bond donors (Lipinski definition) is 1. The van der Waals surface area contributed by atoms with Crippen LogP contribution in [0.25, 0.3) is 11.5 Å². The molecule has 1 saturated carbocycles. The summed E-state index contributed by atoms with van der Waals surface area (Å²) in [6.45, 7) is 5.27. The Morgan fingerprint density at radius 3 is 2.87 bits per heavy atom. The zero-order valence-electron chi connectivity index (χ0n) is 14.1. The highest BCUT2D eigenvalue weighted by molar-refractivity contribution is 5.62. The van der Waals surface area contributed by atoms with Crippen molar-refractivity contribution in [2.45, 2.75) is 52.1 Å². The predicted molar refractivity (Wildman–Crippen MR) is 89.2 cm³/mol. The first kappa shape index (κ1) is 16.0. The quantitative estimate of drug-likeness (QED) is 0.909. The molecule has 1 N–H and O–H groups in total. The number of para-hydroxylation sites is 1. The fraction of sp³-hybridized carbons (Fsp3) is 0.556. The fourth-order valence-electron chi connectivity index (χ4n) is 3.34. The second kappa shape index (κ2) is 6.71. The molecular formula is C18H25N3O2. The van der Waals surface area contributed by atoms with Gasteiger partial charge in [0.15, 0.2) is 0 Å². The van der Waals surface area contributed by atoms with Crippen LogP contribution in [-0.4, -0.2) is 23.3 Å². The van der Waals surface area contributed by atoms with Gasteiger partial charge in [-0.2, -0.15) is 0 Å². The molecule has 1 aromatic carbocycles. The molecule has 0 spiro atoms. The highest BCUT2D eigenvalue weighted by Gasteiger charge is 2.31. The molecule has 1 atom stereocenters. The van der Waals surface area contributed by atoms with Gasteiger partial charge in [0.25, 0.3) is 5.89 Å². The van der Waals surface area contributed by atoms with Gasteiger partial charge in [-0.15, -0.1) is 10.2 Å². The minimum absolute atomic E-state index is 0.323. The molecule has 3 rings (SSSR count). The Balaban J connectivity index is 1.68. The number of methoxy groups -OCH3 is 1. The number of nitrogens with one attached hydrogen (secondary N) is 1. The van der Waals surface area contributed by atoms with Crippen molar-refractivity contribution >= 4 is 0 Å². The van der Waals surface area contributed by atoms with Crippen LogP contribution in [0.2, 0.25) is 0 Å². The lowest BCUT2D eigenvalue weighted by Gasteiger charge is -2.39. The third kappa shape index (κ3) is 3.55. The van der Waals surface area contributed by atoms with Gasteiger partial charge in [-0.1, -0.05) is 38.8 Å². The van der Waals surface area contributed by atoms with Crippen LogP contribution in [0.5, 0.6) is 5.75 Å². The molecule has 1 heterocycles. The van der Waals surface area contributed by atoms with Crippen LogP contribution in [-0.2, 0) is 6.54 Å². The molecule has 0 saturated heterocycles. The molecule has 5 heteroatoms. The average Bonchev–Trinajstić information content (AvgIpc) is 3.02. The summed E-state index contributed by atoms with van der Waals surface area (Å²) < 4.78 is 11.2. The summed E-state index contributed by atoms with van der Waals surface area (Å²) in [6, 6.07) is 8.17. The molecule has 1 aromatic heterocycles. The van der Waals surface area contributed by atoms with Crippen LogP contribution < -0.4 is 10.1 Å². The highest BCUT2D eigenvalue weighted by atomic mass is 16.5. The molecule has 0 aliphatic heterocycles. The van der Waals surface area contributed by atoms with Gasteiger partial charge in [-0.25, -0.2) is 0 Å². The first-order valence-corrected chi connectivity index (χ1v) is 8.29. The van der Waals surface area contributed by atoms with Crippen molar-refractivity contribution in [1.29, 1.82) is 0 Å². The third-order valence-electron chi connectivity index (χ3n) is 4.81. The van der Waals surface area contributed by atoms with E-state index in [4.69, 9.17) is 9.15 Å². The van der Waals surface area contributed by atoms with Gasteiger partial charge in [0.2, 0.25) is 5.89 Å². The minimum Gasteiger partial charge on any atom is -0.496 e. The van der Waals surface area contributed by atoms with Crippen molar-refractivity contribution in [3.8, 4) is 17.2 Å². The van der Waals surface area contributed by atoms with E-state index in [0.29, 0.717) is 29.8 Å². The Morgan fingerprint density at radius 2 is 2.09 bits per heavy atom. The number of rotatable bonds is 5. The highest BCUT2D eigenvalue weighted by Crippen LogP contribution is 2.35. The largest absolute Gasteiger partial charge is 0.496 e. The van der Waals surface area contributed by atoms with Gasteiger partial charge in [0.1, 0.15) is 5.75 Å². The predicted octanol–water partition coefficient (Wildman–Crippen LogP) is 3.80. The van der Waals surface area contributed by atoms with Crippen LogP contribution >= 0.6 is 0 Å². The molecule has 1 fully saturated rings. The first-order valence-electron chi connectivity index (χ1n) is 8.29. The molecule has 124 valence electrons. The maximum atomic E-state index is 5.81. The number of nitrogens with zero attached hydrogens (tertiary/aromatic N) is 2. The van der Waals surface area contributed by atoms with E-state index in [9.17, 15) is 0 Å². The van der Waals surface area contributed by atoms with Crippen LogP contribution in [0.3, 0.4) is 0 Å². The van der Waals surface area contributed by atoms with E-state index in [1.807, 2.05) is 24.3 Å². The van der Waals surface area contributed by atoms with Gasteiger partial charge < -0.3 is 14.5 Å². The Bertz CT molecular complexity index is 651. The van der Waals surface area contributed by atoms with Crippen LogP contribution in [0, 0.1) is 5.41 Å². The number of hydrogen-bond acceptors (Lipinski definition) is 5. The minimum atomic E-state index is 0.323. The van der Waals surface area contributed by atoms with Crippen molar-refractivity contribution in [2.24, 2.45) is 5.41 Å². The molecular weight excluding hydrogens is 290 g/mol. The third-order valence-corrected chi connectivity index (χ3v) is 4.81. The van der Waals surface area contributed by atoms with Gasteiger partial charge in [-0.05, 0) is 30.4 Å². The fourth-order valence-corrected chi connectivity index (χ4v) is 3.34. The zero-order chi connectivity index (χ0) is 16.3. The molecule has 1 aliphatic rings. The van der Waals surface area contributed by atoms with Crippen LogP contribution in [0.1, 0.15) is 45.4 Å². The molecule has 1 aliphatic carbocycles. The zero-order valence-corrected chi connectivity index (χ0v) is 14.1. The van der Waals surface area contributed by atoms with Crippen molar-refractivity contribution in [3.05, 3.63) is 30.2 Å². The summed E-state index contributed by atoms with van der Waals surface area (Å²) in [5.74, 6) is 1.86. The number of aromatic nitrogens is 2. The molecule has 5 nitrogen and oxygen atoms in total. The summed E-state index contributed by atoms with van der Waals surface area (Å²) in [5.41, 5.74) is 1.15. The van der Waals surface area contributed by atoms with E-state index in [2.05, 4.69) is 29.4 Å². The van der Waals surface area contributed by atoms with Crippen molar-refractivity contribution < 1.29 is 9.15 Å². The summed E-state index contributed by atoms with van der Waals surface area (Å²) in [7, 11) is 1.64. The van der Waals surface area contributed by atoms with Gasteiger partial charge >= 0.3 is 0 Å². The van der Waals surface area contributed by atoms with Crippen LogP contribution in [0.4, 0.5) is 0 Å². The monoisotopic (exact) mass is 315 g/mol. The van der Waals surface area contributed by atoms with E-state index in [1.165, 1.54) is 25.7 Å². The molecule has 0 amide bonds. The Hall–Kier alpha value is -1.88. The maximum absolute atomic E-state index is 5.81. The van der Waals surface area contributed by atoms with E-state index < -0.39 is 0 Å². The second-order valence-corrected chi connectivity index (χ2v) is 6.87. The first-order chi connectivity index (χ1) is 11.1. The average molecular weight is 315 g/mol. The molecule has 0 bridgehead atoms.